The largest absolute Gasteiger partial charge is 0.450 e. The number of aryl methyl sites for hydroxylation is 1. The third-order valence-electron chi connectivity index (χ3n) is 3.22. The van der Waals surface area contributed by atoms with E-state index in [2.05, 4.69) is 5.16 Å². The van der Waals surface area contributed by atoms with Crippen molar-refractivity contribution < 1.29 is 27.3 Å². The summed E-state index contributed by atoms with van der Waals surface area (Å²) in [5.74, 6) is -1.20. The first-order chi connectivity index (χ1) is 10.3. The van der Waals surface area contributed by atoms with Gasteiger partial charge in [-0.05, 0) is 6.92 Å². The lowest BCUT2D eigenvalue weighted by Gasteiger charge is -2.33. The molecule has 0 aromatic carbocycles. The van der Waals surface area contributed by atoms with Crippen LogP contribution < -0.4 is 0 Å². The fourth-order valence-corrected chi connectivity index (χ4v) is 2.85. The maximum Gasteiger partial charge on any atom is 0.377 e. The highest BCUT2D eigenvalue weighted by molar-refractivity contribution is 7.88. The van der Waals surface area contributed by atoms with Crippen molar-refractivity contribution >= 4 is 21.9 Å². The van der Waals surface area contributed by atoms with E-state index in [1.165, 1.54) is 15.3 Å². The van der Waals surface area contributed by atoms with Crippen LogP contribution in [-0.2, 0) is 19.6 Å². The zero-order valence-electron chi connectivity index (χ0n) is 12.3. The fourth-order valence-electron chi connectivity index (χ4n) is 2.02. The molecule has 1 fully saturated rings. The molecule has 0 saturated carbocycles. The van der Waals surface area contributed by atoms with Crippen LogP contribution in [0.3, 0.4) is 0 Å². The molecule has 1 aliphatic rings. The normalized spacial score (nSPS) is 16.5. The van der Waals surface area contributed by atoms with Gasteiger partial charge in [0, 0.05) is 32.2 Å². The standard InChI is InChI=1S/C12H17N3O6S/c1-9-7-10(21-13-9)12(17)20-8-11(16)14-3-5-15(6-4-14)22(2,18)19/h7H,3-6,8H2,1-2H3. The number of nitrogens with zero attached hydrogens (tertiary/aromatic N) is 3. The van der Waals surface area contributed by atoms with Gasteiger partial charge in [0.05, 0.1) is 11.9 Å². The van der Waals surface area contributed by atoms with Gasteiger partial charge in [-0.25, -0.2) is 13.2 Å². The first kappa shape index (κ1) is 16.4. The first-order valence-electron chi connectivity index (χ1n) is 6.60. The van der Waals surface area contributed by atoms with Crippen molar-refractivity contribution in [2.24, 2.45) is 0 Å². The van der Waals surface area contributed by atoms with Gasteiger partial charge in [0.1, 0.15) is 0 Å². The number of esters is 1. The molecule has 1 aromatic rings. The third-order valence-corrected chi connectivity index (χ3v) is 4.52. The lowest BCUT2D eigenvalue weighted by molar-refractivity contribution is -0.135. The minimum Gasteiger partial charge on any atom is -0.450 e. The van der Waals surface area contributed by atoms with Gasteiger partial charge in [-0.1, -0.05) is 5.16 Å². The highest BCUT2D eigenvalue weighted by atomic mass is 32.2. The zero-order valence-corrected chi connectivity index (χ0v) is 13.1. The Morgan fingerprint density at radius 1 is 1.32 bits per heavy atom. The Labute approximate surface area is 127 Å². The molecule has 10 heteroatoms. The van der Waals surface area contributed by atoms with Crippen molar-refractivity contribution in [2.75, 3.05) is 39.0 Å². The van der Waals surface area contributed by atoms with Crippen LogP contribution in [0.15, 0.2) is 10.6 Å². The van der Waals surface area contributed by atoms with Crippen LogP contribution >= 0.6 is 0 Å². The molecule has 1 amide bonds. The summed E-state index contributed by atoms with van der Waals surface area (Å²) in [5.41, 5.74) is 0.537. The number of carbonyl (C=O) groups is 2. The zero-order chi connectivity index (χ0) is 16.3. The van der Waals surface area contributed by atoms with Gasteiger partial charge < -0.3 is 14.2 Å². The van der Waals surface area contributed by atoms with Crippen LogP contribution in [0.25, 0.3) is 0 Å². The molecule has 0 bridgehead atoms. The summed E-state index contributed by atoms with van der Waals surface area (Å²) in [4.78, 5) is 25.0. The molecule has 1 aromatic heterocycles. The molecule has 122 valence electrons. The van der Waals surface area contributed by atoms with Crippen LogP contribution in [0, 0.1) is 6.92 Å². The molecule has 1 saturated heterocycles. The van der Waals surface area contributed by atoms with E-state index in [1.54, 1.807) is 6.92 Å². The van der Waals surface area contributed by atoms with Crippen molar-refractivity contribution in [2.45, 2.75) is 6.92 Å². The number of amides is 1. The molecule has 0 aliphatic carbocycles. The number of ether oxygens (including phenoxy) is 1. The van der Waals surface area contributed by atoms with Crippen molar-refractivity contribution in [1.82, 2.24) is 14.4 Å². The Hall–Kier alpha value is -1.94. The number of sulfonamides is 1. The van der Waals surface area contributed by atoms with Crippen LogP contribution in [0.4, 0.5) is 0 Å². The number of piperazine rings is 1. The smallest absolute Gasteiger partial charge is 0.377 e. The lowest BCUT2D eigenvalue weighted by atomic mass is 10.3. The molecular formula is C12H17N3O6S. The van der Waals surface area contributed by atoms with Crippen LogP contribution in [-0.4, -0.2) is 73.7 Å². The summed E-state index contributed by atoms with van der Waals surface area (Å²) in [7, 11) is -3.24. The Balaban J connectivity index is 1.80. The average Bonchev–Trinajstić information content (AvgIpc) is 2.90. The maximum absolute atomic E-state index is 11.9. The van der Waals surface area contributed by atoms with E-state index in [1.807, 2.05) is 0 Å². The van der Waals surface area contributed by atoms with Crippen LogP contribution in [0.2, 0.25) is 0 Å². The van der Waals surface area contributed by atoms with Crippen LogP contribution in [0.1, 0.15) is 16.2 Å². The highest BCUT2D eigenvalue weighted by Crippen LogP contribution is 2.08. The molecule has 1 aliphatic heterocycles. The predicted octanol–water partition coefficient (Wildman–Crippen LogP) is -0.756. The topological polar surface area (TPSA) is 110 Å². The van der Waals surface area contributed by atoms with Gasteiger partial charge in [0.15, 0.2) is 6.61 Å². The average molecular weight is 331 g/mol. The van der Waals surface area contributed by atoms with E-state index >= 15 is 0 Å². The molecular weight excluding hydrogens is 314 g/mol. The Morgan fingerprint density at radius 3 is 2.45 bits per heavy atom. The summed E-state index contributed by atoms with van der Waals surface area (Å²) in [6, 6.07) is 1.41. The summed E-state index contributed by atoms with van der Waals surface area (Å²) >= 11 is 0. The molecule has 22 heavy (non-hydrogen) atoms. The summed E-state index contributed by atoms with van der Waals surface area (Å²) in [6.07, 6.45) is 1.13. The predicted molar refractivity (Wildman–Crippen MR) is 74.5 cm³/mol. The number of aromatic nitrogens is 1. The van der Waals surface area contributed by atoms with E-state index in [4.69, 9.17) is 9.26 Å². The third kappa shape index (κ3) is 4.04. The van der Waals surface area contributed by atoms with Gasteiger partial charge in [0.2, 0.25) is 15.8 Å². The molecule has 0 N–H and O–H groups in total. The minimum atomic E-state index is -3.24. The second-order valence-corrected chi connectivity index (χ2v) is 6.93. The maximum atomic E-state index is 11.9. The van der Waals surface area contributed by atoms with Gasteiger partial charge in [-0.2, -0.15) is 4.31 Å². The summed E-state index contributed by atoms with van der Waals surface area (Å²) < 4.78 is 33.6. The second kappa shape index (κ2) is 6.44. The van der Waals surface area contributed by atoms with Crippen molar-refractivity contribution in [3.8, 4) is 0 Å². The number of carbonyl (C=O) groups excluding carboxylic acids is 2. The Morgan fingerprint density at radius 2 is 1.95 bits per heavy atom. The number of hydrogen-bond acceptors (Lipinski definition) is 7. The highest BCUT2D eigenvalue weighted by Gasteiger charge is 2.26. The number of hydrogen-bond donors (Lipinski definition) is 0. The lowest BCUT2D eigenvalue weighted by Crippen LogP contribution is -2.51. The van der Waals surface area contributed by atoms with Crippen molar-refractivity contribution in [3.05, 3.63) is 17.5 Å². The van der Waals surface area contributed by atoms with E-state index in [0.717, 1.165) is 6.26 Å². The van der Waals surface area contributed by atoms with E-state index in [0.29, 0.717) is 5.69 Å². The molecule has 0 unspecified atom stereocenters. The summed E-state index contributed by atoms with van der Waals surface area (Å²) in [6.45, 7) is 2.25. The molecule has 0 atom stereocenters. The van der Waals surface area contributed by atoms with Crippen LogP contribution in [0.5, 0.6) is 0 Å². The molecule has 2 rings (SSSR count). The fraction of sp³-hybridized carbons (Fsp3) is 0.583. The Bertz CT molecular complexity index is 660. The Kier molecular flexibility index (Phi) is 4.81. The quantitative estimate of drug-likeness (QED) is 0.667. The van der Waals surface area contributed by atoms with Gasteiger partial charge >= 0.3 is 5.97 Å². The monoisotopic (exact) mass is 331 g/mol. The molecule has 2 heterocycles. The number of rotatable bonds is 4. The van der Waals surface area contributed by atoms with E-state index in [9.17, 15) is 18.0 Å². The van der Waals surface area contributed by atoms with Gasteiger partial charge in [0.25, 0.3) is 5.91 Å². The SMILES string of the molecule is Cc1cc(C(=O)OCC(=O)N2CCN(S(C)(=O)=O)CC2)on1. The van der Waals surface area contributed by atoms with Crippen molar-refractivity contribution in [1.29, 1.82) is 0 Å². The van der Waals surface area contributed by atoms with E-state index < -0.39 is 22.6 Å². The van der Waals surface area contributed by atoms with Gasteiger partial charge in [-0.3, -0.25) is 4.79 Å². The first-order valence-corrected chi connectivity index (χ1v) is 8.45. The second-order valence-electron chi connectivity index (χ2n) is 4.95. The molecule has 0 radical (unpaired) electrons. The molecule has 9 nitrogen and oxygen atoms in total. The van der Waals surface area contributed by atoms with Gasteiger partial charge in [-0.15, -0.1) is 0 Å². The van der Waals surface area contributed by atoms with E-state index in [-0.39, 0.29) is 37.8 Å². The van der Waals surface area contributed by atoms with Crippen molar-refractivity contribution in [3.63, 3.8) is 0 Å². The molecule has 0 spiro atoms. The minimum absolute atomic E-state index is 0.0628. The summed E-state index contributed by atoms with van der Waals surface area (Å²) in [5, 5.41) is 3.55.